The van der Waals surface area contributed by atoms with Crippen molar-refractivity contribution < 1.29 is 22.7 Å². The van der Waals surface area contributed by atoms with E-state index < -0.39 is 17.3 Å². The lowest BCUT2D eigenvalue weighted by Crippen LogP contribution is -2.25. The molecule has 1 atom stereocenters. The molecule has 35 heavy (non-hydrogen) atoms. The first-order valence-corrected chi connectivity index (χ1v) is 12.2. The molecular weight excluding hydrogens is 481 g/mol. The number of carbonyl (C=O) groups excluding carboxylic acids is 1. The molecular formula is C26H30ClF3N2O3. The van der Waals surface area contributed by atoms with Crippen LogP contribution in [0.2, 0.25) is 5.02 Å². The van der Waals surface area contributed by atoms with Crippen LogP contribution in [0.15, 0.2) is 41.2 Å². The van der Waals surface area contributed by atoms with Gasteiger partial charge in [0.1, 0.15) is 17.1 Å². The third-order valence-corrected chi connectivity index (χ3v) is 6.50. The number of ether oxygens (including phenoxy) is 1. The van der Waals surface area contributed by atoms with Crippen LogP contribution >= 0.6 is 11.6 Å². The third kappa shape index (κ3) is 7.21. The minimum atomic E-state index is -4.75. The topological polar surface area (TPSA) is 62.4 Å². The summed E-state index contributed by atoms with van der Waals surface area (Å²) >= 11 is 6.48. The number of H-pyrrole nitrogens is 1. The van der Waals surface area contributed by atoms with Crippen molar-refractivity contribution in [3.8, 4) is 5.75 Å². The summed E-state index contributed by atoms with van der Waals surface area (Å²) < 4.78 is 45.1. The van der Waals surface area contributed by atoms with E-state index in [1.807, 2.05) is 6.08 Å². The molecule has 2 aromatic rings. The van der Waals surface area contributed by atoms with Gasteiger partial charge in [-0.2, -0.15) is 13.2 Å². The predicted molar refractivity (Wildman–Crippen MR) is 131 cm³/mol. The molecule has 1 fully saturated rings. The second kappa shape index (κ2) is 11.9. The Balaban J connectivity index is 1.87. The van der Waals surface area contributed by atoms with E-state index in [2.05, 4.69) is 23.7 Å². The fraction of sp³-hybridized carbons (Fsp3) is 0.462. The number of allylic oxidation sites excluding steroid dienone is 1. The van der Waals surface area contributed by atoms with Crippen molar-refractivity contribution in [3.05, 3.63) is 68.6 Å². The highest BCUT2D eigenvalue weighted by molar-refractivity contribution is 6.32. The lowest BCUT2D eigenvalue weighted by Gasteiger charge is -2.18. The maximum absolute atomic E-state index is 13.1. The first-order valence-electron chi connectivity index (χ1n) is 11.8. The Morgan fingerprint density at radius 3 is 2.51 bits per heavy atom. The molecule has 5 nitrogen and oxygen atoms in total. The summed E-state index contributed by atoms with van der Waals surface area (Å²) in [5.41, 5.74) is -1.12. The van der Waals surface area contributed by atoms with Crippen molar-refractivity contribution >= 4 is 23.0 Å². The maximum Gasteiger partial charge on any atom is 0.421 e. The quantitative estimate of drug-likeness (QED) is 0.401. The number of benzene rings is 1. The largest absolute Gasteiger partial charge is 0.492 e. The molecule has 0 aliphatic heterocycles. The second-order valence-corrected chi connectivity index (χ2v) is 9.02. The average Bonchev–Trinajstić information content (AvgIpc) is 3.22. The molecule has 3 rings (SSSR count). The zero-order valence-electron chi connectivity index (χ0n) is 19.9. The number of nitrogens with zero attached hydrogens (tertiary/aromatic N) is 1. The second-order valence-electron chi connectivity index (χ2n) is 8.61. The highest BCUT2D eigenvalue weighted by Crippen LogP contribution is 2.34. The number of ketones is 1. The molecule has 0 saturated heterocycles. The van der Waals surface area contributed by atoms with Gasteiger partial charge in [-0.05, 0) is 61.7 Å². The number of halogens is 4. The molecule has 1 aromatic heterocycles. The smallest absolute Gasteiger partial charge is 0.421 e. The fourth-order valence-electron chi connectivity index (χ4n) is 4.21. The highest BCUT2D eigenvalue weighted by atomic mass is 35.5. The van der Waals surface area contributed by atoms with Crippen LogP contribution in [0.3, 0.4) is 0 Å². The first-order chi connectivity index (χ1) is 16.6. The number of aromatic amines is 1. The van der Waals surface area contributed by atoms with Crippen LogP contribution < -0.4 is 10.3 Å². The van der Waals surface area contributed by atoms with Gasteiger partial charge in [-0.15, -0.1) is 0 Å². The summed E-state index contributed by atoms with van der Waals surface area (Å²) in [6.45, 7) is 7.57. The molecule has 1 heterocycles. The van der Waals surface area contributed by atoms with Crippen LogP contribution in [0.1, 0.15) is 56.4 Å². The van der Waals surface area contributed by atoms with Gasteiger partial charge in [-0.25, -0.2) is 0 Å². The third-order valence-electron chi connectivity index (χ3n) is 6.20. The van der Waals surface area contributed by atoms with Crippen LogP contribution in [-0.2, 0) is 11.0 Å². The molecule has 9 heteroatoms. The lowest BCUT2D eigenvalue weighted by atomic mass is 9.95. The van der Waals surface area contributed by atoms with Crippen LogP contribution in [0.4, 0.5) is 13.2 Å². The number of aromatic nitrogens is 1. The van der Waals surface area contributed by atoms with Crippen molar-refractivity contribution in [2.75, 3.05) is 26.2 Å². The molecule has 0 unspecified atom stereocenters. The van der Waals surface area contributed by atoms with E-state index >= 15 is 0 Å². The van der Waals surface area contributed by atoms with Crippen LogP contribution in [-0.4, -0.2) is 41.9 Å². The Kier molecular flexibility index (Phi) is 9.19. The van der Waals surface area contributed by atoms with E-state index in [1.165, 1.54) is 6.07 Å². The number of hydrogen-bond acceptors (Lipinski definition) is 4. The van der Waals surface area contributed by atoms with E-state index in [1.54, 1.807) is 18.2 Å². The van der Waals surface area contributed by atoms with E-state index in [-0.39, 0.29) is 17.4 Å². The number of pyridine rings is 1. The number of Topliss-reactive ketones (excluding diaryl/α,β-unsaturated/α-hetero) is 1. The van der Waals surface area contributed by atoms with Crippen molar-refractivity contribution in [1.29, 1.82) is 0 Å². The van der Waals surface area contributed by atoms with Gasteiger partial charge in [0.25, 0.3) is 5.56 Å². The molecule has 0 bridgehead atoms. The molecule has 0 radical (unpaired) electrons. The standard InChI is InChI=1S/C26H30ClF3N2O3/c1-3-32(4-2)12-5-13-35-24-11-7-18(16-22(24)27)20(15-17-6-8-19(33)14-17)23-10-9-21(25(34)31-23)26(28,29)30/h7,9-11,15-17H,3-6,8,12-14H2,1-2H3,(H,31,34)/t17-/m0/s1. The molecule has 1 aliphatic rings. The molecule has 190 valence electrons. The zero-order chi connectivity index (χ0) is 25.6. The van der Waals surface area contributed by atoms with Gasteiger partial charge >= 0.3 is 6.18 Å². The Morgan fingerprint density at radius 2 is 1.94 bits per heavy atom. The number of nitrogens with one attached hydrogen (secondary N) is 1. The Labute approximate surface area is 207 Å². The molecule has 1 aliphatic carbocycles. The van der Waals surface area contributed by atoms with Crippen molar-refractivity contribution in [2.24, 2.45) is 5.92 Å². The van der Waals surface area contributed by atoms with E-state index in [4.69, 9.17) is 16.3 Å². The summed E-state index contributed by atoms with van der Waals surface area (Å²) in [5, 5.41) is 0.355. The molecule has 1 N–H and O–H groups in total. The minimum absolute atomic E-state index is 0.0712. The molecule has 0 amide bonds. The fourth-order valence-corrected chi connectivity index (χ4v) is 4.45. The maximum atomic E-state index is 13.1. The Bertz CT molecular complexity index is 1120. The SMILES string of the molecule is CCN(CC)CCCOc1ccc(C(=C[C@H]2CCC(=O)C2)c2ccc(C(F)(F)F)c(=O)[nH]2)cc1Cl. The van der Waals surface area contributed by atoms with Gasteiger partial charge < -0.3 is 14.6 Å². The lowest BCUT2D eigenvalue weighted by molar-refractivity contribution is -0.138. The van der Waals surface area contributed by atoms with Crippen LogP contribution in [0, 0.1) is 5.92 Å². The average molecular weight is 511 g/mol. The normalized spacial score (nSPS) is 16.8. The number of hydrogen-bond donors (Lipinski definition) is 1. The Morgan fingerprint density at radius 1 is 1.20 bits per heavy atom. The number of rotatable bonds is 10. The zero-order valence-corrected chi connectivity index (χ0v) is 20.6. The van der Waals surface area contributed by atoms with Gasteiger partial charge in [0.05, 0.1) is 11.6 Å². The van der Waals surface area contributed by atoms with Gasteiger partial charge in [0.2, 0.25) is 0 Å². The van der Waals surface area contributed by atoms with E-state index in [9.17, 15) is 22.8 Å². The Hall–Kier alpha value is -2.58. The molecule has 1 aromatic carbocycles. The van der Waals surface area contributed by atoms with Gasteiger partial charge in [0.15, 0.2) is 0 Å². The summed E-state index contributed by atoms with van der Waals surface area (Å²) in [6, 6.07) is 7.14. The van der Waals surface area contributed by atoms with Crippen molar-refractivity contribution in [1.82, 2.24) is 9.88 Å². The first kappa shape index (κ1) is 27.0. The van der Waals surface area contributed by atoms with Gasteiger partial charge in [-0.3, -0.25) is 9.59 Å². The summed E-state index contributed by atoms with van der Waals surface area (Å²) in [7, 11) is 0. The monoisotopic (exact) mass is 510 g/mol. The van der Waals surface area contributed by atoms with E-state index in [0.717, 1.165) is 32.1 Å². The summed E-state index contributed by atoms with van der Waals surface area (Å²) in [5.74, 6) is 0.572. The van der Waals surface area contributed by atoms with Crippen molar-refractivity contribution in [3.63, 3.8) is 0 Å². The number of alkyl halides is 3. The summed E-state index contributed by atoms with van der Waals surface area (Å²) in [6.07, 6.45) is -0.613. The van der Waals surface area contributed by atoms with E-state index in [0.29, 0.717) is 47.8 Å². The molecule has 0 spiro atoms. The molecule has 1 saturated carbocycles. The van der Waals surface area contributed by atoms with Crippen LogP contribution in [0.5, 0.6) is 5.75 Å². The van der Waals surface area contributed by atoms with Gasteiger partial charge in [0, 0.05) is 30.7 Å². The van der Waals surface area contributed by atoms with Crippen molar-refractivity contribution in [2.45, 2.75) is 45.7 Å². The highest BCUT2D eigenvalue weighted by Gasteiger charge is 2.34. The summed E-state index contributed by atoms with van der Waals surface area (Å²) in [4.78, 5) is 28.6. The minimum Gasteiger partial charge on any atom is -0.492 e. The van der Waals surface area contributed by atoms with Crippen LogP contribution in [0.25, 0.3) is 5.57 Å². The predicted octanol–water partition coefficient (Wildman–Crippen LogP) is 5.96. The number of carbonyl (C=O) groups is 1. The van der Waals surface area contributed by atoms with Gasteiger partial charge in [-0.1, -0.05) is 37.6 Å².